The first-order valence-electron chi connectivity index (χ1n) is 14.8. The molecule has 220 valence electrons. The second-order valence-corrected chi connectivity index (χ2v) is 11.3. The van der Waals surface area contributed by atoms with E-state index in [1.807, 2.05) is 62.4 Å². The van der Waals surface area contributed by atoms with Gasteiger partial charge in [-0.1, -0.05) is 24.3 Å². The predicted octanol–water partition coefficient (Wildman–Crippen LogP) is 5.24. The molecule has 4 aromatic rings. The SMILES string of the molecule is CCn1nc(C)cc1C(=O)Nc1cccc(Cc2ccc3c(c2)C(C=Nc2ccc(N4CCN(C)CC4)cc2)C(=O)N3)c1. The Hall–Kier alpha value is -4.76. The third kappa shape index (κ3) is 6.36. The first-order chi connectivity index (χ1) is 20.9. The lowest BCUT2D eigenvalue weighted by molar-refractivity contribution is -0.115. The van der Waals surface area contributed by atoms with Crippen LogP contribution in [0.3, 0.4) is 0 Å². The maximum atomic E-state index is 12.9. The molecule has 1 fully saturated rings. The third-order valence-corrected chi connectivity index (χ3v) is 8.11. The molecule has 0 saturated carbocycles. The average molecular weight is 576 g/mol. The molecule has 1 saturated heterocycles. The highest BCUT2D eigenvalue weighted by atomic mass is 16.2. The lowest BCUT2D eigenvalue weighted by Crippen LogP contribution is -2.44. The Labute approximate surface area is 252 Å². The number of piperazine rings is 1. The van der Waals surface area contributed by atoms with E-state index in [1.165, 1.54) is 5.69 Å². The highest BCUT2D eigenvalue weighted by Crippen LogP contribution is 2.33. The van der Waals surface area contributed by atoms with Gasteiger partial charge in [-0.25, -0.2) is 0 Å². The molecule has 9 nitrogen and oxygen atoms in total. The van der Waals surface area contributed by atoms with Gasteiger partial charge in [-0.3, -0.25) is 19.3 Å². The molecule has 6 rings (SSSR count). The Morgan fingerprint density at radius 2 is 1.79 bits per heavy atom. The molecule has 3 heterocycles. The summed E-state index contributed by atoms with van der Waals surface area (Å²) >= 11 is 0. The van der Waals surface area contributed by atoms with Crippen LogP contribution in [0.5, 0.6) is 0 Å². The molecule has 2 aliphatic rings. The highest BCUT2D eigenvalue weighted by Gasteiger charge is 2.29. The van der Waals surface area contributed by atoms with Crippen LogP contribution in [0, 0.1) is 6.92 Å². The normalized spacial score (nSPS) is 16.9. The van der Waals surface area contributed by atoms with Crippen LogP contribution in [0.1, 0.15) is 45.7 Å². The third-order valence-electron chi connectivity index (χ3n) is 8.11. The molecule has 43 heavy (non-hydrogen) atoms. The Balaban J connectivity index is 1.13. The number of aliphatic imine (C=N–C) groups is 1. The number of hydrogen-bond donors (Lipinski definition) is 2. The monoisotopic (exact) mass is 575 g/mol. The molecule has 2 aliphatic heterocycles. The van der Waals surface area contributed by atoms with Gasteiger partial charge >= 0.3 is 0 Å². The minimum absolute atomic E-state index is 0.0729. The number of fused-ring (bicyclic) bond motifs is 1. The summed E-state index contributed by atoms with van der Waals surface area (Å²) in [5.41, 5.74) is 7.98. The van der Waals surface area contributed by atoms with Gasteiger partial charge in [0.05, 0.1) is 11.4 Å². The molecule has 3 aromatic carbocycles. The van der Waals surface area contributed by atoms with Crippen LogP contribution in [-0.4, -0.2) is 65.9 Å². The van der Waals surface area contributed by atoms with Crippen molar-refractivity contribution in [3.05, 3.63) is 101 Å². The minimum Gasteiger partial charge on any atom is -0.369 e. The lowest BCUT2D eigenvalue weighted by atomic mass is 9.96. The van der Waals surface area contributed by atoms with Crippen molar-refractivity contribution >= 4 is 40.8 Å². The van der Waals surface area contributed by atoms with Crippen molar-refractivity contribution in [2.45, 2.75) is 32.7 Å². The molecule has 1 aromatic heterocycles. The van der Waals surface area contributed by atoms with Crippen LogP contribution in [0.4, 0.5) is 22.7 Å². The summed E-state index contributed by atoms with van der Waals surface area (Å²) in [6.45, 7) is 8.63. The first-order valence-corrected chi connectivity index (χ1v) is 14.8. The lowest BCUT2D eigenvalue weighted by Gasteiger charge is -2.34. The number of aryl methyl sites for hydroxylation is 2. The van der Waals surface area contributed by atoms with Crippen LogP contribution >= 0.6 is 0 Å². The summed E-state index contributed by atoms with van der Waals surface area (Å²) in [4.78, 5) is 35.2. The fraction of sp³-hybridized carbons (Fsp3) is 0.294. The molecule has 1 unspecified atom stereocenters. The molecule has 0 aliphatic carbocycles. The number of anilines is 3. The van der Waals surface area contributed by atoms with Crippen molar-refractivity contribution in [1.29, 1.82) is 0 Å². The zero-order valence-electron chi connectivity index (χ0n) is 24.9. The van der Waals surface area contributed by atoms with E-state index in [0.29, 0.717) is 18.7 Å². The maximum Gasteiger partial charge on any atom is 0.273 e. The van der Waals surface area contributed by atoms with E-state index in [4.69, 9.17) is 0 Å². The summed E-state index contributed by atoms with van der Waals surface area (Å²) in [5.74, 6) is -0.709. The number of likely N-dealkylation sites (N-methyl/N-ethyl adjacent to an activating group) is 1. The number of aromatic nitrogens is 2. The number of carbonyl (C=O) groups is 2. The predicted molar refractivity (Wildman–Crippen MR) is 172 cm³/mol. The van der Waals surface area contributed by atoms with Crippen LogP contribution in [0.15, 0.2) is 77.8 Å². The molecule has 2 amide bonds. The van der Waals surface area contributed by atoms with E-state index in [1.54, 1.807) is 17.0 Å². The van der Waals surface area contributed by atoms with Crippen LogP contribution in [0.2, 0.25) is 0 Å². The zero-order chi connectivity index (χ0) is 29.9. The number of amides is 2. The molecular formula is C34H37N7O2. The smallest absolute Gasteiger partial charge is 0.273 e. The number of benzene rings is 3. The molecule has 0 radical (unpaired) electrons. The van der Waals surface area contributed by atoms with E-state index in [-0.39, 0.29) is 11.8 Å². The van der Waals surface area contributed by atoms with Crippen LogP contribution < -0.4 is 15.5 Å². The van der Waals surface area contributed by atoms with Crippen molar-refractivity contribution in [2.24, 2.45) is 4.99 Å². The average Bonchev–Trinajstić information content (AvgIpc) is 3.55. The van der Waals surface area contributed by atoms with Crippen molar-refractivity contribution in [1.82, 2.24) is 14.7 Å². The number of carbonyl (C=O) groups excluding carboxylic acids is 2. The van der Waals surface area contributed by atoms with E-state index < -0.39 is 5.92 Å². The van der Waals surface area contributed by atoms with Crippen molar-refractivity contribution < 1.29 is 9.59 Å². The quantitative estimate of drug-likeness (QED) is 0.280. The molecule has 2 N–H and O–H groups in total. The largest absolute Gasteiger partial charge is 0.369 e. The van der Waals surface area contributed by atoms with Gasteiger partial charge in [0.2, 0.25) is 5.91 Å². The van der Waals surface area contributed by atoms with E-state index in [0.717, 1.165) is 65.6 Å². The topological polar surface area (TPSA) is 94.9 Å². The van der Waals surface area contributed by atoms with Crippen LogP contribution in [-0.2, 0) is 17.8 Å². The number of nitrogens with zero attached hydrogens (tertiary/aromatic N) is 5. The number of rotatable bonds is 8. The standard InChI is InChI=1S/C34H37N7O2/c1-4-41-32(18-23(2)38-41)34(43)36-27-7-5-6-24(20-27)19-25-8-13-31-29(21-25)30(33(42)37-31)22-35-26-9-11-28(12-10-26)40-16-14-39(3)15-17-40/h5-13,18,20-22,30H,4,14-17,19H2,1-3H3,(H,36,43)(H,37,42). The van der Waals surface area contributed by atoms with Crippen molar-refractivity contribution in [2.75, 3.05) is 48.8 Å². The summed E-state index contributed by atoms with van der Waals surface area (Å²) in [6.07, 6.45) is 2.41. The van der Waals surface area contributed by atoms with Crippen molar-refractivity contribution in [3.8, 4) is 0 Å². The molecule has 1 atom stereocenters. The Bertz CT molecular complexity index is 1670. The molecule has 0 bridgehead atoms. The highest BCUT2D eigenvalue weighted by molar-refractivity contribution is 6.12. The van der Waals surface area contributed by atoms with Gasteiger partial charge in [-0.05, 0) is 92.5 Å². The fourth-order valence-electron chi connectivity index (χ4n) is 5.73. The van der Waals surface area contributed by atoms with E-state index in [2.05, 4.69) is 55.8 Å². The van der Waals surface area contributed by atoms with E-state index >= 15 is 0 Å². The number of nitrogens with one attached hydrogen (secondary N) is 2. The molecule has 0 spiro atoms. The van der Waals surface area contributed by atoms with Gasteiger partial charge < -0.3 is 20.4 Å². The zero-order valence-corrected chi connectivity index (χ0v) is 24.9. The summed E-state index contributed by atoms with van der Waals surface area (Å²) < 4.78 is 1.71. The fourth-order valence-corrected chi connectivity index (χ4v) is 5.73. The first kappa shape index (κ1) is 28.4. The summed E-state index contributed by atoms with van der Waals surface area (Å²) in [5, 5.41) is 10.4. The second-order valence-electron chi connectivity index (χ2n) is 11.3. The Kier molecular flexibility index (Phi) is 8.07. The maximum absolute atomic E-state index is 12.9. The van der Waals surface area contributed by atoms with Gasteiger partial charge in [0.15, 0.2) is 0 Å². The second kappa shape index (κ2) is 12.2. The summed E-state index contributed by atoms with van der Waals surface area (Å²) in [6, 6.07) is 23.9. The molecular weight excluding hydrogens is 538 g/mol. The molecule has 9 heteroatoms. The van der Waals surface area contributed by atoms with Gasteiger partial charge in [-0.2, -0.15) is 5.10 Å². The van der Waals surface area contributed by atoms with Gasteiger partial charge in [-0.15, -0.1) is 0 Å². The van der Waals surface area contributed by atoms with Gasteiger partial charge in [0.1, 0.15) is 11.6 Å². The summed E-state index contributed by atoms with van der Waals surface area (Å²) in [7, 11) is 2.15. The van der Waals surface area contributed by atoms with Gasteiger partial charge in [0.25, 0.3) is 5.91 Å². The Morgan fingerprint density at radius 1 is 1.02 bits per heavy atom. The number of hydrogen-bond acceptors (Lipinski definition) is 6. The Morgan fingerprint density at radius 3 is 2.56 bits per heavy atom. The minimum atomic E-state index is -0.454. The van der Waals surface area contributed by atoms with E-state index in [9.17, 15) is 9.59 Å². The van der Waals surface area contributed by atoms with Crippen LogP contribution in [0.25, 0.3) is 0 Å². The van der Waals surface area contributed by atoms with Gasteiger partial charge in [0, 0.05) is 56.0 Å². The van der Waals surface area contributed by atoms with Crippen molar-refractivity contribution in [3.63, 3.8) is 0 Å².